The van der Waals surface area contributed by atoms with Crippen molar-refractivity contribution in [2.45, 2.75) is 13.5 Å². The molecule has 0 radical (unpaired) electrons. The van der Waals surface area contributed by atoms with Crippen LogP contribution >= 0.6 is 11.6 Å². The van der Waals surface area contributed by atoms with Gasteiger partial charge in [0.1, 0.15) is 6.54 Å². The minimum Gasteiger partial charge on any atom is -0.468 e. The van der Waals surface area contributed by atoms with Gasteiger partial charge in [-0.1, -0.05) is 29.8 Å². The zero-order valence-corrected chi connectivity index (χ0v) is 14.1. The van der Waals surface area contributed by atoms with E-state index in [4.69, 9.17) is 16.3 Å². The summed E-state index contributed by atoms with van der Waals surface area (Å²) in [4.78, 5) is 24.7. The number of ketones is 1. The Morgan fingerprint density at radius 2 is 1.75 bits per heavy atom. The van der Waals surface area contributed by atoms with Crippen LogP contribution in [0, 0.1) is 6.92 Å². The molecule has 122 valence electrons. The Bertz CT molecular complexity index is 926. The summed E-state index contributed by atoms with van der Waals surface area (Å²) in [5.41, 5.74) is 2.72. The van der Waals surface area contributed by atoms with Gasteiger partial charge in [-0.15, -0.1) is 0 Å². The Labute approximate surface area is 144 Å². The van der Waals surface area contributed by atoms with Crippen molar-refractivity contribution in [1.29, 1.82) is 0 Å². The molecule has 2 aromatic carbocycles. The highest BCUT2D eigenvalue weighted by Crippen LogP contribution is 2.28. The van der Waals surface area contributed by atoms with Crippen molar-refractivity contribution < 1.29 is 14.3 Å². The SMILES string of the molecule is COC(=O)Cn1c(C)c(C(=O)c2ccc(Cl)cc2)c2ccccc21. The Morgan fingerprint density at radius 3 is 2.42 bits per heavy atom. The molecule has 0 N–H and O–H groups in total. The van der Waals surface area contributed by atoms with Gasteiger partial charge in [0.15, 0.2) is 5.78 Å². The number of aromatic nitrogens is 1. The second-order valence-corrected chi connectivity index (χ2v) is 5.91. The minimum absolute atomic E-state index is 0.0662. The van der Waals surface area contributed by atoms with E-state index >= 15 is 0 Å². The van der Waals surface area contributed by atoms with Gasteiger partial charge in [-0.3, -0.25) is 9.59 Å². The molecule has 0 saturated heterocycles. The van der Waals surface area contributed by atoms with Gasteiger partial charge in [-0.2, -0.15) is 0 Å². The minimum atomic E-state index is -0.357. The number of hydrogen-bond acceptors (Lipinski definition) is 3. The second-order valence-electron chi connectivity index (χ2n) is 5.48. The average Bonchev–Trinajstić information content (AvgIpc) is 2.87. The van der Waals surface area contributed by atoms with E-state index in [9.17, 15) is 9.59 Å². The number of hydrogen-bond donors (Lipinski definition) is 0. The number of ether oxygens (including phenoxy) is 1. The van der Waals surface area contributed by atoms with Crippen LogP contribution in [0.2, 0.25) is 5.02 Å². The normalized spacial score (nSPS) is 10.8. The molecule has 24 heavy (non-hydrogen) atoms. The number of esters is 1. The van der Waals surface area contributed by atoms with Crippen LogP contribution in [0.3, 0.4) is 0 Å². The maximum atomic E-state index is 13.0. The monoisotopic (exact) mass is 341 g/mol. The highest BCUT2D eigenvalue weighted by atomic mass is 35.5. The molecule has 0 spiro atoms. The molecule has 1 aromatic heterocycles. The summed E-state index contributed by atoms with van der Waals surface area (Å²) >= 11 is 5.90. The van der Waals surface area contributed by atoms with Crippen LogP contribution in [0.25, 0.3) is 10.9 Å². The van der Waals surface area contributed by atoms with Crippen molar-refractivity contribution in [3.8, 4) is 0 Å². The molecule has 0 aliphatic heterocycles. The lowest BCUT2D eigenvalue weighted by Crippen LogP contribution is -2.13. The summed E-state index contributed by atoms with van der Waals surface area (Å²) in [5, 5.41) is 1.40. The molecule has 0 fully saturated rings. The number of rotatable bonds is 4. The molecule has 0 bridgehead atoms. The molecular weight excluding hydrogens is 326 g/mol. The predicted molar refractivity (Wildman–Crippen MR) is 93.6 cm³/mol. The standard InChI is InChI=1S/C19H16ClNO3/c1-12-18(19(23)13-7-9-14(20)10-8-13)15-5-3-4-6-16(15)21(12)11-17(22)24-2/h3-10H,11H2,1-2H3. The summed E-state index contributed by atoms with van der Waals surface area (Å²) in [7, 11) is 1.35. The van der Waals surface area contributed by atoms with Gasteiger partial charge in [0.25, 0.3) is 0 Å². The topological polar surface area (TPSA) is 48.3 Å². The van der Waals surface area contributed by atoms with E-state index in [-0.39, 0.29) is 18.3 Å². The van der Waals surface area contributed by atoms with Crippen LogP contribution in [0.1, 0.15) is 21.6 Å². The fraction of sp³-hybridized carbons (Fsp3) is 0.158. The molecule has 0 unspecified atom stereocenters. The Kier molecular flexibility index (Phi) is 4.40. The van der Waals surface area contributed by atoms with Gasteiger partial charge in [-0.05, 0) is 37.3 Å². The third-order valence-corrected chi connectivity index (χ3v) is 4.33. The highest BCUT2D eigenvalue weighted by molar-refractivity contribution is 6.30. The number of fused-ring (bicyclic) bond motifs is 1. The number of benzene rings is 2. The second kappa shape index (κ2) is 6.49. The van der Waals surface area contributed by atoms with E-state index in [2.05, 4.69) is 0 Å². The van der Waals surface area contributed by atoms with Gasteiger partial charge in [0.05, 0.1) is 12.7 Å². The number of para-hydroxylation sites is 1. The summed E-state index contributed by atoms with van der Waals surface area (Å²) < 4.78 is 6.58. The lowest BCUT2D eigenvalue weighted by Gasteiger charge is -2.07. The van der Waals surface area contributed by atoms with E-state index in [1.807, 2.05) is 35.8 Å². The van der Waals surface area contributed by atoms with Crippen LogP contribution in [0.5, 0.6) is 0 Å². The molecule has 0 atom stereocenters. The van der Waals surface area contributed by atoms with Crippen molar-refractivity contribution in [2.24, 2.45) is 0 Å². The summed E-state index contributed by atoms with van der Waals surface area (Å²) in [6.07, 6.45) is 0. The molecule has 0 aliphatic rings. The third kappa shape index (κ3) is 2.81. The van der Waals surface area contributed by atoms with Crippen LogP contribution in [-0.2, 0) is 16.1 Å². The maximum absolute atomic E-state index is 13.0. The lowest BCUT2D eigenvalue weighted by atomic mass is 10.0. The Hall–Kier alpha value is -2.59. The van der Waals surface area contributed by atoms with E-state index in [1.165, 1.54) is 7.11 Å². The first-order valence-corrected chi connectivity index (χ1v) is 7.85. The van der Waals surface area contributed by atoms with E-state index in [0.29, 0.717) is 16.1 Å². The van der Waals surface area contributed by atoms with Crippen molar-refractivity contribution in [1.82, 2.24) is 4.57 Å². The van der Waals surface area contributed by atoms with Crippen LogP contribution < -0.4 is 0 Å². The fourth-order valence-corrected chi connectivity index (χ4v) is 2.99. The van der Waals surface area contributed by atoms with Gasteiger partial charge in [0, 0.05) is 27.2 Å². The average molecular weight is 342 g/mol. The van der Waals surface area contributed by atoms with Crippen LogP contribution in [0.15, 0.2) is 48.5 Å². The van der Waals surface area contributed by atoms with Gasteiger partial charge < -0.3 is 9.30 Å². The number of carbonyl (C=O) groups is 2. The predicted octanol–water partition coefficient (Wildman–Crippen LogP) is 4.01. The zero-order valence-electron chi connectivity index (χ0n) is 13.4. The number of halogens is 1. The van der Waals surface area contributed by atoms with Crippen molar-refractivity contribution >= 4 is 34.3 Å². The van der Waals surface area contributed by atoms with Gasteiger partial charge in [0.2, 0.25) is 0 Å². The fourth-order valence-electron chi connectivity index (χ4n) is 2.86. The zero-order chi connectivity index (χ0) is 17.3. The largest absolute Gasteiger partial charge is 0.468 e. The van der Waals surface area contributed by atoms with Crippen molar-refractivity contribution in [2.75, 3.05) is 7.11 Å². The molecule has 3 rings (SSSR count). The molecule has 3 aromatic rings. The van der Waals surface area contributed by atoms with Crippen LogP contribution in [-0.4, -0.2) is 23.4 Å². The Morgan fingerprint density at radius 1 is 1.08 bits per heavy atom. The van der Waals surface area contributed by atoms with Gasteiger partial charge >= 0.3 is 5.97 Å². The molecule has 0 amide bonds. The first kappa shape index (κ1) is 16.3. The summed E-state index contributed by atoms with van der Waals surface area (Å²) in [6.45, 7) is 1.91. The molecule has 1 heterocycles. The maximum Gasteiger partial charge on any atom is 0.325 e. The first-order chi connectivity index (χ1) is 11.5. The van der Waals surface area contributed by atoms with Crippen molar-refractivity contribution in [3.05, 3.63) is 70.4 Å². The van der Waals surface area contributed by atoms with Crippen molar-refractivity contribution in [3.63, 3.8) is 0 Å². The quantitative estimate of drug-likeness (QED) is 0.532. The first-order valence-electron chi connectivity index (χ1n) is 7.48. The van der Waals surface area contributed by atoms with Gasteiger partial charge in [-0.25, -0.2) is 0 Å². The number of carbonyl (C=O) groups excluding carboxylic acids is 2. The molecule has 4 nitrogen and oxygen atoms in total. The molecule has 5 heteroatoms. The molecule has 0 aliphatic carbocycles. The number of methoxy groups -OCH3 is 1. The third-order valence-electron chi connectivity index (χ3n) is 4.08. The lowest BCUT2D eigenvalue weighted by molar-refractivity contribution is -0.141. The molecular formula is C19H16ClNO3. The Balaban J connectivity index is 2.17. The number of nitrogens with zero attached hydrogens (tertiary/aromatic N) is 1. The molecule has 0 saturated carbocycles. The highest BCUT2D eigenvalue weighted by Gasteiger charge is 2.22. The van der Waals surface area contributed by atoms with E-state index in [1.54, 1.807) is 24.3 Å². The summed E-state index contributed by atoms with van der Waals surface area (Å²) in [5.74, 6) is -0.451. The summed E-state index contributed by atoms with van der Waals surface area (Å²) in [6, 6.07) is 14.3. The van der Waals surface area contributed by atoms with Crippen LogP contribution in [0.4, 0.5) is 0 Å². The van der Waals surface area contributed by atoms with E-state index < -0.39 is 0 Å². The van der Waals surface area contributed by atoms with E-state index in [0.717, 1.165) is 16.6 Å². The smallest absolute Gasteiger partial charge is 0.325 e.